The Morgan fingerprint density at radius 1 is 1.50 bits per heavy atom. The van der Waals surface area contributed by atoms with Gasteiger partial charge in [0.15, 0.2) is 0 Å². The van der Waals surface area contributed by atoms with Crippen LogP contribution in [-0.2, 0) is 9.53 Å². The van der Waals surface area contributed by atoms with Gasteiger partial charge in [0.2, 0.25) is 6.10 Å². The van der Waals surface area contributed by atoms with Crippen LogP contribution in [0.2, 0.25) is 0 Å². The molecule has 7 heteroatoms. The molecule has 0 unspecified atom stereocenters. The molecule has 1 atom stereocenters. The van der Waals surface area contributed by atoms with Crippen molar-refractivity contribution >= 4 is 21.9 Å². The zero-order valence-corrected chi connectivity index (χ0v) is 12.2. The molecule has 0 saturated carbocycles. The highest BCUT2D eigenvalue weighted by atomic mass is 79.9. The summed E-state index contributed by atoms with van der Waals surface area (Å²) in [5.41, 5.74) is 1.19. The number of carboxylic acid groups (broad SMARTS) is 1. The second kappa shape index (κ2) is 6.53. The van der Waals surface area contributed by atoms with E-state index in [2.05, 4.69) is 21.1 Å². The standard InChI is InChI=1S/C13H12BrNO5/c1-18-7-12(13(16)17)20-11-3-2-8(14)6-9(11)10-4-5-19-15-10/h2-6,12H,7H2,1H3,(H,16,17)/t12-/m0/s1. The molecule has 0 aliphatic rings. The van der Waals surface area contributed by atoms with Crippen molar-refractivity contribution in [2.45, 2.75) is 6.10 Å². The normalized spacial score (nSPS) is 12.1. The Bertz CT molecular complexity index is 584. The first-order valence-electron chi connectivity index (χ1n) is 5.70. The lowest BCUT2D eigenvalue weighted by atomic mass is 10.1. The molecule has 0 radical (unpaired) electrons. The molecule has 0 amide bonds. The number of rotatable bonds is 6. The van der Waals surface area contributed by atoms with E-state index in [0.717, 1.165) is 4.47 Å². The highest BCUT2D eigenvalue weighted by molar-refractivity contribution is 9.10. The molecule has 1 heterocycles. The molecule has 0 saturated heterocycles. The number of methoxy groups -OCH3 is 1. The van der Waals surface area contributed by atoms with Crippen LogP contribution in [0.1, 0.15) is 0 Å². The number of aromatic nitrogens is 1. The molecule has 2 aromatic rings. The van der Waals surface area contributed by atoms with Crippen LogP contribution in [-0.4, -0.2) is 36.1 Å². The number of halogens is 1. The van der Waals surface area contributed by atoms with Crippen molar-refractivity contribution in [2.75, 3.05) is 13.7 Å². The molecular formula is C13H12BrNO5. The third kappa shape index (κ3) is 3.37. The average molecular weight is 342 g/mol. The fourth-order valence-corrected chi connectivity index (χ4v) is 1.98. The summed E-state index contributed by atoms with van der Waals surface area (Å²) in [4.78, 5) is 11.1. The molecule has 0 fully saturated rings. The Balaban J connectivity index is 2.34. The van der Waals surface area contributed by atoms with Crippen LogP contribution in [0.3, 0.4) is 0 Å². The average Bonchev–Trinajstić information content (AvgIpc) is 2.93. The molecule has 1 N–H and O–H groups in total. The van der Waals surface area contributed by atoms with E-state index in [0.29, 0.717) is 17.0 Å². The number of carboxylic acids is 1. The molecule has 106 valence electrons. The highest BCUT2D eigenvalue weighted by Crippen LogP contribution is 2.32. The molecule has 0 aliphatic carbocycles. The van der Waals surface area contributed by atoms with E-state index in [1.54, 1.807) is 24.3 Å². The molecule has 20 heavy (non-hydrogen) atoms. The zero-order chi connectivity index (χ0) is 14.5. The van der Waals surface area contributed by atoms with Gasteiger partial charge in [-0.15, -0.1) is 0 Å². The van der Waals surface area contributed by atoms with Gasteiger partial charge in [-0.25, -0.2) is 4.79 Å². The minimum Gasteiger partial charge on any atom is -0.478 e. The van der Waals surface area contributed by atoms with Crippen molar-refractivity contribution in [3.8, 4) is 17.0 Å². The topological polar surface area (TPSA) is 81.8 Å². The Kier molecular flexibility index (Phi) is 4.75. The monoisotopic (exact) mass is 341 g/mol. The Morgan fingerprint density at radius 3 is 2.90 bits per heavy atom. The number of benzene rings is 1. The predicted molar refractivity (Wildman–Crippen MR) is 73.6 cm³/mol. The number of hydrogen-bond acceptors (Lipinski definition) is 5. The van der Waals surface area contributed by atoms with E-state index in [1.807, 2.05) is 0 Å². The van der Waals surface area contributed by atoms with E-state index in [-0.39, 0.29) is 6.61 Å². The molecule has 1 aromatic carbocycles. The fourth-order valence-electron chi connectivity index (χ4n) is 1.62. The first-order valence-corrected chi connectivity index (χ1v) is 6.50. The molecule has 0 aliphatic heterocycles. The number of carbonyl (C=O) groups is 1. The quantitative estimate of drug-likeness (QED) is 0.869. The van der Waals surface area contributed by atoms with Crippen LogP contribution in [0.25, 0.3) is 11.3 Å². The van der Waals surface area contributed by atoms with Gasteiger partial charge in [-0.2, -0.15) is 0 Å². The van der Waals surface area contributed by atoms with E-state index in [1.165, 1.54) is 13.4 Å². The van der Waals surface area contributed by atoms with Crippen molar-refractivity contribution in [1.82, 2.24) is 5.16 Å². The molecular weight excluding hydrogens is 330 g/mol. The Morgan fingerprint density at radius 2 is 2.30 bits per heavy atom. The summed E-state index contributed by atoms with van der Waals surface area (Å²) in [6, 6.07) is 6.87. The SMILES string of the molecule is COC[C@H](Oc1ccc(Br)cc1-c1ccon1)C(=O)O. The summed E-state index contributed by atoms with van der Waals surface area (Å²) in [5, 5.41) is 12.9. The lowest BCUT2D eigenvalue weighted by Gasteiger charge is -2.16. The van der Waals surface area contributed by atoms with Crippen molar-refractivity contribution in [3.63, 3.8) is 0 Å². The van der Waals surface area contributed by atoms with Crippen molar-refractivity contribution in [1.29, 1.82) is 0 Å². The van der Waals surface area contributed by atoms with Gasteiger partial charge in [0, 0.05) is 23.2 Å². The van der Waals surface area contributed by atoms with Gasteiger partial charge in [-0.1, -0.05) is 21.1 Å². The lowest BCUT2D eigenvalue weighted by Crippen LogP contribution is -2.31. The molecule has 0 spiro atoms. The third-order valence-corrected chi connectivity index (χ3v) is 3.01. The van der Waals surface area contributed by atoms with E-state index >= 15 is 0 Å². The van der Waals surface area contributed by atoms with E-state index in [9.17, 15) is 4.79 Å². The summed E-state index contributed by atoms with van der Waals surface area (Å²) in [7, 11) is 1.42. The first kappa shape index (κ1) is 14.5. The summed E-state index contributed by atoms with van der Waals surface area (Å²) in [5.74, 6) is -0.701. The first-order chi connectivity index (χ1) is 9.61. The van der Waals surface area contributed by atoms with Gasteiger partial charge < -0.3 is 19.1 Å². The minimum absolute atomic E-state index is 0.0519. The smallest absolute Gasteiger partial charge is 0.347 e. The largest absolute Gasteiger partial charge is 0.478 e. The highest BCUT2D eigenvalue weighted by Gasteiger charge is 2.21. The van der Waals surface area contributed by atoms with Crippen molar-refractivity contribution in [3.05, 3.63) is 35.0 Å². The van der Waals surface area contributed by atoms with Gasteiger partial charge in [0.05, 0.1) is 6.61 Å². The lowest BCUT2D eigenvalue weighted by molar-refractivity contribution is -0.147. The van der Waals surface area contributed by atoms with Crippen LogP contribution in [0.15, 0.2) is 39.5 Å². The number of aliphatic carboxylic acids is 1. The summed E-state index contributed by atoms with van der Waals surface area (Å²) in [6.07, 6.45) is 0.343. The Hall–Kier alpha value is -1.86. The van der Waals surface area contributed by atoms with Crippen LogP contribution in [0, 0.1) is 0 Å². The fraction of sp³-hybridized carbons (Fsp3) is 0.231. The summed E-state index contributed by atoms with van der Waals surface area (Å²) in [6.45, 7) is -0.0519. The third-order valence-electron chi connectivity index (χ3n) is 2.52. The van der Waals surface area contributed by atoms with Crippen LogP contribution < -0.4 is 4.74 Å². The van der Waals surface area contributed by atoms with E-state index in [4.69, 9.17) is 19.1 Å². The van der Waals surface area contributed by atoms with Gasteiger partial charge in [-0.3, -0.25) is 0 Å². The second-order valence-electron chi connectivity index (χ2n) is 3.93. The molecule has 1 aromatic heterocycles. The number of nitrogens with zero attached hydrogens (tertiary/aromatic N) is 1. The molecule has 6 nitrogen and oxygen atoms in total. The van der Waals surface area contributed by atoms with Crippen LogP contribution in [0.4, 0.5) is 0 Å². The molecule has 0 bridgehead atoms. The van der Waals surface area contributed by atoms with Gasteiger partial charge in [0.25, 0.3) is 0 Å². The van der Waals surface area contributed by atoms with E-state index < -0.39 is 12.1 Å². The number of ether oxygens (including phenoxy) is 2. The van der Waals surface area contributed by atoms with Crippen molar-refractivity contribution < 1.29 is 23.9 Å². The van der Waals surface area contributed by atoms with Crippen LogP contribution >= 0.6 is 15.9 Å². The minimum atomic E-state index is -1.10. The van der Waals surface area contributed by atoms with Crippen molar-refractivity contribution in [2.24, 2.45) is 0 Å². The van der Waals surface area contributed by atoms with Gasteiger partial charge in [-0.05, 0) is 18.2 Å². The predicted octanol–water partition coefficient (Wildman–Crippen LogP) is 2.58. The summed E-state index contributed by atoms with van der Waals surface area (Å²) >= 11 is 3.35. The Labute approximate surface area is 123 Å². The maximum Gasteiger partial charge on any atom is 0.347 e. The zero-order valence-electron chi connectivity index (χ0n) is 10.6. The second-order valence-corrected chi connectivity index (χ2v) is 4.84. The van der Waals surface area contributed by atoms with Gasteiger partial charge in [0.1, 0.15) is 17.7 Å². The number of hydrogen-bond donors (Lipinski definition) is 1. The molecule has 2 rings (SSSR count). The van der Waals surface area contributed by atoms with Gasteiger partial charge >= 0.3 is 5.97 Å². The maximum atomic E-state index is 11.1. The maximum absolute atomic E-state index is 11.1. The summed E-state index contributed by atoms with van der Waals surface area (Å²) < 4.78 is 16.0. The van der Waals surface area contributed by atoms with Crippen LogP contribution in [0.5, 0.6) is 5.75 Å².